The third kappa shape index (κ3) is 4.29. The number of aryl methyl sites for hydroxylation is 2. The highest BCUT2D eigenvalue weighted by atomic mass is 32.2. The maximum absolute atomic E-state index is 13.2. The number of benzene rings is 2. The van der Waals surface area contributed by atoms with Crippen molar-refractivity contribution in [2.24, 2.45) is 5.92 Å². The van der Waals surface area contributed by atoms with E-state index in [1.165, 1.54) is 11.2 Å². The van der Waals surface area contributed by atoms with Gasteiger partial charge in [-0.15, -0.1) is 0 Å². The number of Topliss-reactive ketones (excluding diaryl/α,β-unsaturated/α-hetero) is 1. The van der Waals surface area contributed by atoms with Gasteiger partial charge in [0.1, 0.15) is 0 Å². The molecule has 0 unspecified atom stereocenters. The maximum Gasteiger partial charge on any atom is 0.243 e. The molecule has 2 heterocycles. The van der Waals surface area contributed by atoms with Crippen molar-refractivity contribution < 1.29 is 18.0 Å². The third-order valence-corrected chi connectivity index (χ3v) is 8.24. The molecule has 0 aliphatic carbocycles. The van der Waals surface area contributed by atoms with Crippen LogP contribution >= 0.6 is 0 Å². The molecule has 0 aromatic heterocycles. The fourth-order valence-electron chi connectivity index (χ4n) is 4.52. The molecule has 31 heavy (non-hydrogen) atoms. The van der Waals surface area contributed by atoms with E-state index in [0.29, 0.717) is 38.0 Å². The lowest BCUT2D eigenvalue weighted by molar-refractivity contribution is -0.116. The summed E-state index contributed by atoms with van der Waals surface area (Å²) in [5.41, 5.74) is 3.50. The van der Waals surface area contributed by atoms with Gasteiger partial charge in [-0.25, -0.2) is 8.42 Å². The van der Waals surface area contributed by atoms with Crippen LogP contribution < -0.4 is 4.90 Å². The summed E-state index contributed by atoms with van der Waals surface area (Å²) in [7, 11) is -3.63. The summed E-state index contributed by atoms with van der Waals surface area (Å²) in [5.74, 6) is -0.0890. The quantitative estimate of drug-likeness (QED) is 0.681. The van der Waals surface area contributed by atoms with Crippen LogP contribution in [-0.2, 0) is 21.2 Å². The van der Waals surface area contributed by atoms with Crippen LogP contribution in [0.4, 0.5) is 5.69 Å². The number of nitrogens with zero attached hydrogens (tertiary/aromatic N) is 2. The van der Waals surface area contributed by atoms with Crippen molar-refractivity contribution in [3.05, 3.63) is 59.2 Å². The molecule has 7 heteroatoms. The van der Waals surface area contributed by atoms with Gasteiger partial charge < -0.3 is 4.90 Å². The maximum atomic E-state index is 13.2. The van der Waals surface area contributed by atoms with Crippen LogP contribution in [-0.4, -0.2) is 44.0 Å². The number of rotatable bonds is 4. The summed E-state index contributed by atoms with van der Waals surface area (Å²) in [4.78, 5) is 26.6. The number of piperidine rings is 1. The summed E-state index contributed by atoms with van der Waals surface area (Å²) >= 11 is 0. The fourth-order valence-corrected chi connectivity index (χ4v) is 6.04. The molecule has 1 fully saturated rings. The highest BCUT2D eigenvalue weighted by Crippen LogP contribution is 2.32. The Kier molecular flexibility index (Phi) is 5.99. The summed E-state index contributed by atoms with van der Waals surface area (Å²) in [6.07, 6.45) is 2.63. The minimum absolute atomic E-state index is 0.0307. The van der Waals surface area contributed by atoms with Gasteiger partial charge in [0.2, 0.25) is 15.9 Å². The van der Waals surface area contributed by atoms with E-state index < -0.39 is 10.0 Å². The lowest BCUT2D eigenvalue weighted by Crippen LogP contribution is -2.40. The minimum Gasteiger partial charge on any atom is -0.312 e. The average molecular weight is 441 g/mol. The van der Waals surface area contributed by atoms with Gasteiger partial charge in [0.25, 0.3) is 0 Å². The van der Waals surface area contributed by atoms with Crippen LogP contribution in [0.2, 0.25) is 0 Å². The van der Waals surface area contributed by atoms with Crippen molar-refractivity contribution in [1.82, 2.24) is 4.31 Å². The number of hydrogen-bond donors (Lipinski definition) is 0. The van der Waals surface area contributed by atoms with Crippen molar-refractivity contribution in [3.63, 3.8) is 0 Å². The zero-order valence-electron chi connectivity index (χ0n) is 18.0. The van der Waals surface area contributed by atoms with E-state index in [2.05, 4.69) is 0 Å². The Morgan fingerprint density at radius 1 is 0.968 bits per heavy atom. The molecule has 2 aromatic carbocycles. The van der Waals surface area contributed by atoms with Gasteiger partial charge in [0.05, 0.1) is 4.90 Å². The minimum atomic E-state index is -3.63. The van der Waals surface area contributed by atoms with E-state index in [-0.39, 0.29) is 22.5 Å². The van der Waals surface area contributed by atoms with E-state index in [1.807, 2.05) is 31.2 Å². The topological polar surface area (TPSA) is 74.8 Å². The van der Waals surface area contributed by atoms with Crippen molar-refractivity contribution in [2.75, 3.05) is 24.5 Å². The molecule has 0 atom stereocenters. The Labute approximate surface area is 183 Å². The molecule has 2 aliphatic heterocycles. The third-order valence-electron chi connectivity index (χ3n) is 6.35. The lowest BCUT2D eigenvalue weighted by atomic mass is 9.89. The summed E-state index contributed by atoms with van der Waals surface area (Å²) < 4.78 is 28.0. The smallest absolute Gasteiger partial charge is 0.243 e. The predicted molar refractivity (Wildman–Crippen MR) is 120 cm³/mol. The average Bonchev–Trinajstić information content (AvgIpc) is 2.78. The highest BCUT2D eigenvalue weighted by molar-refractivity contribution is 7.89. The Morgan fingerprint density at radius 2 is 1.65 bits per heavy atom. The second kappa shape index (κ2) is 8.55. The normalized spacial score (nSPS) is 17.9. The van der Waals surface area contributed by atoms with Crippen LogP contribution in [0.25, 0.3) is 0 Å². The Balaban J connectivity index is 1.47. The second-order valence-electron chi connectivity index (χ2n) is 8.47. The van der Waals surface area contributed by atoms with Gasteiger partial charge in [0.15, 0.2) is 5.78 Å². The molecule has 164 valence electrons. The molecule has 0 saturated carbocycles. The van der Waals surface area contributed by atoms with Crippen LogP contribution in [0.3, 0.4) is 0 Å². The molecule has 2 aliphatic rings. The van der Waals surface area contributed by atoms with Crippen molar-refractivity contribution in [3.8, 4) is 0 Å². The molecule has 2 aromatic rings. The van der Waals surface area contributed by atoms with Crippen LogP contribution in [0.1, 0.15) is 47.7 Å². The number of carbonyl (C=O) groups excluding carboxylic acids is 2. The second-order valence-corrected chi connectivity index (χ2v) is 10.4. The van der Waals surface area contributed by atoms with Crippen LogP contribution in [0, 0.1) is 12.8 Å². The summed E-state index contributed by atoms with van der Waals surface area (Å²) in [6.45, 7) is 4.84. The number of sulfonamides is 1. The molecule has 0 radical (unpaired) electrons. The number of anilines is 1. The number of carbonyl (C=O) groups is 2. The number of hydrogen-bond acceptors (Lipinski definition) is 4. The van der Waals surface area contributed by atoms with Crippen LogP contribution in [0.5, 0.6) is 0 Å². The Hall–Kier alpha value is -2.51. The molecule has 0 spiro atoms. The van der Waals surface area contributed by atoms with Crippen molar-refractivity contribution in [1.29, 1.82) is 0 Å². The van der Waals surface area contributed by atoms with E-state index >= 15 is 0 Å². The van der Waals surface area contributed by atoms with Gasteiger partial charge in [-0.1, -0.05) is 29.8 Å². The van der Waals surface area contributed by atoms with Crippen molar-refractivity contribution in [2.45, 2.75) is 44.4 Å². The summed E-state index contributed by atoms with van der Waals surface area (Å²) in [5, 5.41) is 0. The first-order chi connectivity index (χ1) is 14.8. The van der Waals surface area contributed by atoms with Gasteiger partial charge in [-0.3, -0.25) is 9.59 Å². The first-order valence-electron chi connectivity index (χ1n) is 10.8. The van der Waals surface area contributed by atoms with E-state index in [1.54, 1.807) is 23.1 Å². The molecule has 1 amide bonds. The monoisotopic (exact) mass is 440 g/mol. The Morgan fingerprint density at radius 3 is 2.29 bits per heavy atom. The first-order valence-corrected chi connectivity index (χ1v) is 12.2. The number of ketones is 1. The first kappa shape index (κ1) is 21.7. The standard InChI is InChI=1S/C24H28N2O4S/c1-17-5-7-19(8-6-17)24(28)20-11-14-25(15-12-20)31(29,30)22-9-10-23-21(16-22)4-3-13-26(23)18(2)27/h5-10,16,20H,3-4,11-15H2,1-2H3. The van der Waals surface area contributed by atoms with Crippen LogP contribution in [0.15, 0.2) is 47.4 Å². The molecule has 0 bridgehead atoms. The van der Waals surface area contributed by atoms with Gasteiger partial charge in [-0.2, -0.15) is 4.31 Å². The zero-order chi connectivity index (χ0) is 22.2. The SMILES string of the molecule is CC(=O)N1CCCc2cc(S(=O)(=O)N3CCC(C(=O)c4ccc(C)cc4)CC3)ccc21. The largest absolute Gasteiger partial charge is 0.312 e. The van der Waals surface area contributed by atoms with Gasteiger partial charge in [-0.05, 0) is 56.4 Å². The van der Waals surface area contributed by atoms with E-state index in [9.17, 15) is 18.0 Å². The molecular formula is C24H28N2O4S. The molecule has 4 rings (SSSR count). The van der Waals surface area contributed by atoms with E-state index in [4.69, 9.17) is 0 Å². The number of fused-ring (bicyclic) bond motifs is 1. The fraction of sp³-hybridized carbons (Fsp3) is 0.417. The molecular weight excluding hydrogens is 412 g/mol. The molecule has 0 N–H and O–H groups in total. The van der Waals surface area contributed by atoms with E-state index in [0.717, 1.165) is 29.7 Å². The molecule has 6 nitrogen and oxygen atoms in total. The molecule has 1 saturated heterocycles. The van der Waals surface area contributed by atoms with Gasteiger partial charge >= 0.3 is 0 Å². The summed E-state index contributed by atoms with van der Waals surface area (Å²) in [6, 6.07) is 12.6. The number of amides is 1. The van der Waals surface area contributed by atoms with Gasteiger partial charge in [0, 0.05) is 43.7 Å². The lowest BCUT2D eigenvalue weighted by Gasteiger charge is -2.32. The Bertz CT molecular complexity index is 1100. The highest BCUT2D eigenvalue weighted by Gasteiger charge is 2.33. The van der Waals surface area contributed by atoms with Crippen molar-refractivity contribution >= 4 is 27.4 Å². The zero-order valence-corrected chi connectivity index (χ0v) is 18.8. The predicted octanol–water partition coefficient (Wildman–Crippen LogP) is 3.58.